The molecule has 6 nitrogen and oxygen atoms in total. The molecule has 1 N–H and O–H groups in total. The number of hydrogen-bond donors (Lipinski definition) is 1. The third kappa shape index (κ3) is 4.54. The minimum atomic E-state index is -0.560. The van der Waals surface area contributed by atoms with Crippen molar-refractivity contribution in [3.8, 4) is 0 Å². The van der Waals surface area contributed by atoms with Crippen LogP contribution in [0.3, 0.4) is 0 Å². The van der Waals surface area contributed by atoms with E-state index >= 15 is 0 Å². The summed E-state index contributed by atoms with van der Waals surface area (Å²) in [4.78, 5) is 30.6. The van der Waals surface area contributed by atoms with Crippen LogP contribution < -0.4 is 5.32 Å². The largest absolute Gasteiger partial charge is 0.350 e. The number of carbonyl (C=O) groups excluding carboxylic acids is 2. The van der Waals surface area contributed by atoms with Crippen LogP contribution in [0.2, 0.25) is 5.02 Å². The van der Waals surface area contributed by atoms with Crippen molar-refractivity contribution >= 4 is 40.0 Å². The SMILES string of the molecule is [C-]#[N+]c1cn(CC(=O)N(CC(=O)NCc2cccc(Cl)c2F)C2CC2)c2ccccc12. The Morgan fingerprint density at radius 3 is 2.74 bits per heavy atom. The lowest BCUT2D eigenvalue weighted by molar-refractivity contribution is -0.137. The second-order valence-corrected chi connectivity index (χ2v) is 7.92. The second kappa shape index (κ2) is 8.78. The number of amides is 2. The van der Waals surface area contributed by atoms with Crippen molar-refractivity contribution in [2.45, 2.75) is 32.0 Å². The summed E-state index contributed by atoms with van der Waals surface area (Å²) in [6.07, 6.45) is 3.37. The molecular weight excluding hydrogens is 419 g/mol. The summed E-state index contributed by atoms with van der Waals surface area (Å²) in [5.74, 6) is -1.11. The number of para-hydroxylation sites is 1. The van der Waals surface area contributed by atoms with Gasteiger partial charge < -0.3 is 14.8 Å². The van der Waals surface area contributed by atoms with Crippen molar-refractivity contribution in [3.63, 3.8) is 0 Å². The first-order valence-corrected chi connectivity index (χ1v) is 10.3. The maximum absolute atomic E-state index is 14.0. The predicted octanol–water partition coefficient (Wildman–Crippen LogP) is 4.29. The van der Waals surface area contributed by atoms with E-state index in [9.17, 15) is 14.0 Å². The predicted molar refractivity (Wildman–Crippen MR) is 116 cm³/mol. The Labute approximate surface area is 184 Å². The summed E-state index contributed by atoms with van der Waals surface area (Å²) in [5, 5.41) is 3.46. The maximum Gasteiger partial charge on any atom is 0.243 e. The summed E-state index contributed by atoms with van der Waals surface area (Å²) in [5.41, 5.74) is 1.58. The number of fused-ring (bicyclic) bond motifs is 1. The zero-order valence-electron chi connectivity index (χ0n) is 16.6. The highest BCUT2D eigenvalue weighted by atomic mass is 35.5. The highest BCUT2D eigenvalue weighted by Crippen LogP contribution is 2.30. The van der Waals surface area contributed by atoms with Gasteiger partial charge in [-0.05, 0) is 25.0 Å². The summed E-state index contributed by atoms with van der Waals surface area (Å²) >= 11 is 5.77. The molecule has 1 fully saturated rings. The molecule has 31 heavy (non-hydrogen) atoms. The Balaban J connectivity index is 1.43. The Bertz CT molecular complexity index is 1200. The van der Waals surface area contributed by atoms with Gasteiger partial charge in [0.1, 0.15) is 12.4 Å². The lowest BCUT2D eigenvalue weighted by Gasteiger charge is -2.22. The summed E-state index contributed by atoms with van der Waals surface area (Å²) in [7, 11) is 0. The molecule has 0 aliphatic heterocycles. The fourth-order valence-corrected chi connectivity index (χ4v) is 3.77. The molecule has 0 spiro atoms. The molecule has 3 aromatic rings. The van der Waals surface area contributed by atoms with Gasteiger partial charge in [-0.15, -0.1) is 0 Å². The molecule has 2 aromatic carbocycles. The third-order valence-electron chi connectivity index (χ3n) is 5.32. The highest BCUT2D eigenvalue weighted by molar-refractivity contribution is 6.30. The molecule has 4 rings (SSSR count). The van der Waals surface area contributed by atoms with Crippen molar-refractivity contribution in [1.82, 2.24) is 14.8 Å². The summed E-state index contributed by atoms with van der Waals surface area (Å²) in [6.45, 7) is 7.29. The number of hydrogen-bond acceptors (Lipinski definition) is 2. The van der Waals surface area contributed by atoms with Crippen molar-refractivity contribution in [1.29, 1.82) is 0 Å². The van der Waals surface area contributed by atoms with E-state index in [-0.39, 0.29) is 48.1 Å². The van der Waals surface area contributed by atoms with Gasteiger partial charge in [0, 0.05) is 35.2 Å². The van der Waals surface area contributed by atoms with Gasteiger partial charge in [-0.2, -0.15) is 0 Å². The fraction of sp³-hybridized carbons (Fsp3) is 0.261. The Morgan fingerprint density at radius 2 is 2.00 bits per heavy atom. The molecule has 0 radical (unpaired) electrons. The molecule has 1 saturated carbocycles. The summed E-state index contributed by atoms with van der Waals surface area (Å²) < 4.78 is 15.8. The maximum atomic E-state index is 14.0. The molecule has 0 saturated heterocycles. The lowest BCUT2D eigenvalue weighted by atomic mass is 10.2. The van der Waals surface area contributed by atoms with Gasteiger partial charge in [0.05, 0.1) is 18.1 Å². The number of nitrogens with one attached hydrogen (secondary N) is 1. The Kier molecular flexibility index (Phi) is 5.92. The smallest absolute Gasteiger partial charge is 0.243 e. The standard InChI is InChI=1S/C23H20ClFN4O2/c1-26-19-12-28(20-8-3-2-6-17(19)20)14-22(31)29(16-9-10-16)13-21(30)27-11-15-5-4-7-18(24)23(15)25/h2-8,12,16H,9-11,13-14H2,(H,27,30). The first-order valence-electron chi connectivity index (χ1n) is 9.92. The molecular formula is C23H20ClFN4O2. The van der Waals surface area contributed by atoms with E-state index in [0.717, 1.165) is 23.7 Å². The minimum absolute atomic E-state index is 0.000680. The monoisotopic (exact) mass is 438 g/mol. The van der Waals surface area contributed by atoms with Crippen molar-refractivity contribution in [3.05, 3.63) is 76.5 Å². The topological polar surface area (TPSA) is 58.7 Å². The van der Waals surface area contributed by atoms with Gasteiger partial charge >= 0.3 is 0 Å². The van der Waals surface area contributed by atoms with Crippen LogP contribution in [0.25, 0.3) is 15.7 Å². The van der Waals surface area contributed by atoms with Crippen LogP contribution in [0, 0.1) is 12.4 Å². The second-order valence-electron chi connectivity index (χ2n) is 7.51. The number of halogens is 2. The molecule has 1 heterocycles. The van der Waals surface area contributed by atoms with Gasteiger partial charge in [-0.3, -0.25) is 9.59 Å². The van der Waals surface area contributed by atoms with Gasteiger partial charge in [-0.25, -0.2) is 9.24 Å². The molecule has 0 bridgehead atoms. The zero-order chi connectivity index (χ0) is 22.0. The van der Waals surface area contributed by atoms with Crippen molar-refractivity contribution in [2.24, 2.45) is 0 Å². The molecule has 1 aromatic heterocycles. The summed E-state index contributed by atoms with van der Waals surface area (Å²) in [6, 6.07) is 12.1. The van der Waals surface area contributed by atoms with Crippen molar-refractivity contribution < 1.29 is 14.0 Å². The molecule has 1 aliphatic rings. The molecule has 0 unspecified atom stereocenters. The van der Waals surface area contributed by atoms with Gasteiger partial charge in [0.25, 0.3) is 0 Å². The number of aromatic nitrogens is 1. The van der Waals surface area contributed by atoms with Gasteiger partial charge in [0.2, 0.25) is 17.5 Å². The van der Waals surface area contributed by atoms with Crippen LogP contribution in [-0.4, -0.2) is 33.9 Å². The van der Waals surface area contributed by atoms with Crippen LogP contribution in [0.4, 0.5) is 10.1 Å². The fourth-order valence-electron chi connectivity index (χ4n) is 3.58. The van der Waals surface area contributed by atoms with Gasteiger partial charge in [0.15, 0.2) is 0 Å². The van der Waals surface area contributed by atoms with E-state index in [2.05, 4.69) is 10.2 Å². The average Bonchev–Trinajstić information content (AvgIpc) is 3.55. The normalized spacial score (nSPS) is 13.1. The molecule has 8 heteroatoms. The Morgan fingerprint density at radius 1 is 1.23 bits per heavy atom. The molecule has 1 aliphatic carbocycles. The van der Waals surface area contributed by atoms with Crippen LogP contribution in [-0.2, 0) is 22.7 Å². The first-order chi connectivity index (χ1) is 15.0. The van der Waals surface area contributed by atoms with E-state index in [1.54, 1.807) is 27.8 Å². The number of rotatable bonds is 7. The Hall–Kier alpha value is -3.37. The van der Waals surface area contributed by atoms with E-state index in [1.165, 1.54) is 6.07 Å². The molecule has 0 atom stereocenters. The van der Waals surface area contributed by atoms with Crippen LogP contribution in [0.15, 0.2) is 48.7 Å². The van der Waals surface area contributed by atoms with E-state index in [0.29, 0.717) is 5.69 Å². The lowest BCUT2D eigenvalue weighted by Crippen LogP contribution is -2.43. The van der Waals surface area contributed by atoms with Gasteiger partial charge in [-0.1, -0.05) is 41.9 Å². The average molecular weight is 439 g/mol. The first kappa shape index (κ1) is 20.9. The zero-order valence-corrected chi connectivity index (χ0v) is 17.4. The molecule has 2 amide bonds. The van der Waals surface area contributed by atoms with Crippen LogP contribution in [0.1, 0.15) is 18.4 Å². The van der Waals surface area contributed by atoms with E-state index in [4.69, 9.17) is 18.2 Å². The van der Waals surface area contributed by atoms with E-state index < -0.39 is 5.82 Å². The van der Waals surface area contributed by atoms with Crippen LogP contribution >= 0.6 is 11.6 Å². The van der Waals surface area contributed by atoms with E-state index in [1.807, 2.05) is 24.3 Å². The van der Waals surface area contributed by atoms with Crippen LogP contribution in [0.5, 0.6) is 0 Å². The number of nitrogens with zero attached hydrogens (tertiary/aromatic N) is 3. The number of benzene rings is 2. The quantitative estimate of drug-likeness (QED) is 0.559. The highest BCUT2D eigenvalue weighted by Gasteiger charge is 2.34. The minimum Gasteiger partial charge on any atom is -0.350 e. The molecule has 158 valence electrons. The third-order valence-corrected chi connectivity index (χ3v) is 5.62. The van der Waals surface area contributed by atoms with Crippen molar-refractivity contribution in [2.75, 3.05) is 6.54 Å². The number of carbonyl (C=O) groups is 2.